The predicted octanol–water partition coefficient (Wildman–Crippen LogP) is 1.33. The molecule has 3 unspecified atom stereocenters. The average Bonchev–Trinajstić information content (AvgIpc) is 2.70. The highest BCUT2D eigenvalue weighted by Gasteiger charge is 2.43. The average molecular weight is 194 g/mol. The van der Waals surface area contributed by atoms with Crippen molar-refractivity contribution in [3.05, 3.63) is 12.2 Å². The summed E-state index contributed by atoms with van der Waals surface area (Å²) in [6, 6.07) is 0. The number of ether oxygens (including phenoxy) is 1. The van der Waals surface area contributed by atoms with Crippen LogP contribution >= 0.6 is 0 Å². The van der Waals surface area contributed by atoms with Crippen molar-refractivity contribution in [2.45, 2.75) is 19.3 Å². The summed E-state index contributed by atoms with van der Waals surface area (Å²) in [5.41, 5.74) is 0. The zero-order valence-corrected chi connectivity index (χ0v) is 8.23. The molecule has 1 saturated carbocycles. The third kappa shape index (κ3) is 1.47. The molecule has 3 atom stereocenters. The van der Waals surface area contributed by atoms with Gasteiger partial charge in [0.2, 0.25) is 0 Å². The molecule has 1 fully saturated rings. The molecule has 0 aliphatic heterocycles. The van der Waals surface area contributed by atoms with Crippen molar-refractivity contribution in [2.75, 3.05) is 7.11 Å². The number of carbonyl (C=O) groups excluding carboxylic acids is 2. The second-order valence-electron chi connectivity index (χ2n) is 4.03. The molecule has 0 heterocycles. The monoisotopic (exact) mass is 194 g/mol. The van der Waals surface area contributed by atoms with E-state index in [1.807, 2.05) is 12.2 Å². The van der Waals surface area contributed by atoms with Crippen LogP contribution in [0.25, 0.3) is 0 Å². The fourth-order valence-corrected chi connectivity index (χ4v) is 2.45. The highest BCUT2D eigenvalue weighted by Crippen LogP contribution is 2.42. The van der Waals surface area contributed by atoms with E-state index in [1.165, 1.54) is 7.11 Å². The van der Waals surface area contributed by atoms with Gasteiger partial charge in [-0.05, 0) is 18.8 Å². The van der Waals surface area contributed by atoms with E-state index in [4.69, 9.17) is 0 Å². The molecule has 0 saturated heterocycles. The molecule has 76 valence electrons. The van der Waals surface area contributed by atoms with Gasteiger partial charge in [0.1, 0.15) is 5.78 Å². The number of rotatable bonds is 3. The minimum Gasteiger partial charge on any atom is -0.469 e. The highest BCUT2D eigenvalue weighted by atomic mass is 16.5. The van der Waals surface area contributed by atoms with Crippen LogP contribution < -0.4 is 0 Å². The lowest BCUT2D eigenvalue weighted by atomic mass is 9.89. The summed E-state index contributed by atoms with van der Waals surface area (Å²) in [6.07, 6.45) is 6.15. The Morgan fingerprint density at radius 3 is 2.86 bits per heavy atom. The number of carbonyl (C=O) groups is 2. The Kier molecular flexibility index (Phi) is 2.40. The molecular formula is C11H14O3. The standard InChI is InChI=1S/C11H14O3/c1-14-10(12)5-3-7-6-8-2-4-9(7)11(8)13/h2,4,7-9H,3,5-6H2,1H3. The number of hydrogen-bond donors (Lipinski definition) is 0. The summed E-state index contributed by atoms with van der Waals surface area (Å²) in [5.74, 6) is 0.771. The fourth-order valence-electron chi connectivity index (χ4n) is 2.45. The van der Waals surface area contributed by atoms with Crippen LogP contribution in [0.5, 0.6) is 0 Å². The molecule has 0 radical (unpaired) electrons. The Hall–Kier alpha value is -1.12. The summed E-state index contributed by atoms with van der Waals surface area (Å²) in [4.78, 5) is 22.4. The van der Waals surface area contributed by atoms with Crippen LogP contribution in [-0.2, 0) is 14.3 Å². The summed E-state index contributed by atoms with van der Waals surface area (Å²) in [7, 11) is 1.40. The molecule has 0 N–H and O–H groups in total. The quantitative estimate of drug-likeness (QED) is 0.503. The van der Waals surface area contributed by atoms with E-state index in [1.54, 1.807) is 0 Å². The van der Waals surface area contributed by atoms with Crippen LogP contribution in [0.2, 0.25) is 0 Å². The molecule has 3 nitrogen and oxygen atoms in total. The van der Waals surface area contributed by atoms with Gasteiger partial charge in [0.05, 0.1) is 7.11 Å². The molecule has 14 heavy (non-hydrogen) atoms. The van der Waals surface area contributed by atoms with Gasteiger partial charge in [0.15, 0.2) is 0 Å². The number of fused-ring (bicyclic) bond motifs is 2. The third-order valence-electron chi connectivity index (χ3n) is 3.26. The summed E-state index contributed by atoms with van der Waals surface area (Å²) in [6.45, 7) is 0. The molecule has 2 bridgehead atoms. The Bertz CT molecular complexity index is 293. The first-order chi connectivity index (χ1) is 6.72. The molecule has 0 amide bonds. The topological polar surface area (TPSA) is 43.4 Å². The number of methoxy groups -OCH3 is 1. The van der Waals surface area contributed by atoms with Gasteiger partial charge in [-0.2, -0.15) is 0 Å². The fraction of sp³-hybridized carbons (Fsp3) is 0.636. The van der Waals surface area contributed by atoms with Crippen LogP contribution in [-0.4, -0.2) is 18.9 Å². The van der Waals surface area contributed by atoms with Crippen molar-refractivity contribution in [1.82, 2.24) is 0 Å². The van der Waals surface area contributed by atoms with Gasteiger partial charge < -0.3 is 4.74 Å². The van der Waals surface area contributed by atoms with Crippen molar-refractivity contribution in [3.63, 3.8) is 0 Å². The van der Waals surface area contributed by atoms with Crippen molar-refractivity contribution in [3.8, 4) is 0 Å². The lowest BCUT2D eigenvalue weighted by Gasteiger charge is -2.15. The maximum atomic E-state index is 11.5. The van der Waals surface area contributed by atoms with Crippen LogP contribution in [0.4, 0.5) is 0 Å². The minimum atomic E-state index is -0.177. The van der Waals surface area contributed by atoms with E-state index in [2.05, 4.69) is 4.74 Å². The van der Waals surface area contributed by atoms with E-state index in [-0.39, 0.29) is 17.8 Å². The number of hydrogen-bond acceptors (Lipinski definition) is 3. The molecule has 2 aliphatic rings. The second-order valence-corrected chi connectivity index (χ2v) is 4.03. The molecule has 2 aliphatic carbocycles. The van der Waals surface area contributed by atoms with Crippen molar-refractivity contribution >= 4 is 11.8 Å². The number of esters is 1. The van der Waals surface area contributed by atoms with Crippen LogP contribution in [0.3, 0.4) is 0 Å². The molecule has 0 aromatic carbocycles. The normalized spacial score (nSPS) is 33.8. The minimum absolute atomic E-state index is 0.0876. The zero-order valence-electron chi connectivity index (χ0n) is 8.23. The molecule has 0 aromatic heterocycles. The maximum Gasteiger partial charge on any atom is 0.305 e. The van der Waals surface area contributed by atoms with Crippen LogP contribution in [0.1, 0.15) is 19.3 Å². The molecule has 3 heteroatoms. The van der Waals surface area contributed by atoms with Crippen molar-refractivity contribution < 1.29 is 14.3 Å². The van der Waals surface area contributed by atoms with E-state index >= 15 is 0 Å². The molecule has 0 aromatic rings. The first-order valence-corrected chi connectivity index (χ1v) is 5.01. The number of Topliss-reactive ketones (excluding diaryl/α,β-unsaturated/α-hetero) is 1. The van der Waals surface area contributed by atoms with Gasteiger partial charge in [-0.25, -0.2) is 0 Å². The first kappa shape index (κ1) is 9.44. The van der Waals surface area contributed by atoms with E-state index in [9.17, 15) is 9.59 Å². The SMILES string of the molecule is COC(=O)CCC1CC2C=CC1C2=O. The summed E-state index contributed by atoms with van der Waals surface area (Å²) >= 11 is 0. The number of ketones is 1. The van der Waals surface area contributed by atoms with Gasteiger partial charge in [-0.3, -0.25) is 9.59 Å². The van der Waals surface area contributed by atoms with Crippen LogP contribution in [0.15, 0.2) is 12.2 Å². The second kappa shape index (κ2) is 3.56. The molecular weight excluding hydrogens is 180 g/mol. The molecule has 2 rings (SSSR count). The first-order valence-electron chi connectivity index (χ1n) is 5.01. The van der Waals surface area contributed by atoms with E-state index in [0.717, 1.165) is 12.8 Å². The van der Waals surface area contributed by atoms with Crippen LogP contribution in [0, 0.1) is 17.8 Å². The largest absolute Gasteiger partial charge is 0.469 e. The Morgan fingerprint density at radius 2 is 2.36 bits per heavy atom. The van der Waals surface area contributed by atoms with Gasteiger partial charge in [0.25, 0.3) is 0 Å². The van der Waals surface area contributed by atoms with Gasteiger partial charge >= 0.3 is 5.97 Å². The predicted molar refractivity (Wildman–Crippen MR) is 50.5 cm³/mol. The third-order valence-corrected chi connectivity index (χ3v) is 3.26. The number of allylic oxidation sites excluding steroid dienone is 2. The molecule has 0 spiro atoms. The van der Waals surface area contributed by atoms with Gasteiger partial charge in [-0.1, -0.05) is 12.2 Å². The summed E-state index contributed by atoms with van der Waals surface area (Å²) < 4.78 is 4.58. The van der Waals surface area contributed by atoms with Gasteiger partial charge in [0, 0.05) is 18.3 Å². The highest BCUT2D eigenvalue weighted by molar-refractivity contribution is 5.91. The maximum absolute atomic E-state index is 11.5. The van der Waals surface area contributed by atoms with Crippen molar-refractivity contribution in [2.24, 2.45) is 17.8 Å². The zero-order chi connectivity index (χ0) is 10.1. The Morgan fingerprint density at radius 1 is 1.57 bits per heavy atom. The summed E-state index contributed by atoms with van der Waals surface area (Å²) in [5, 5.41) is 0. The lowest BCUT2D eigenvalue weighted by molar-refractivity contribution is -0.141. The smallest absolute Gasteiger partial charge is 0.305 e. The Labute approximate surface area is 83.1 Å². The van der Waals surface area contributed by atoms with Crippen molar-refractivity contribution in [1.29, 1.82) is 0 Å². The van der Waals surface area contributed by atoms with Gasteiger partial charge in [-0.15, -0.1) is 0 Å². The van der Waals surface area contributed by atoms with E-state index < -0.39 is 0 Å². The van der Waals surface area contributed by atoms with E-state index in [0.29, 0.717) is 18.1 Å². The Balaban J connectivity index is 1.87. The lowest BCUT2D eigenvalue weighted by Crippen LogP contribution is -2.12.